The Morgan fingerprint density at radius 2 is 2.18 bits per heavy atom. The number of furan rings is 1. The Kier molecular flexibility index (Phi) is 6.68. The van der Waals surface area contributed by atoms with Crippen molar-refractivity contribution in [1.29, 1.82) is 5.41 Å². The molecule has 12 heteroatoms. The van der Waals surface area contributed by atoms with Crippen molar-refractivity contribution in [1.82, 2.24) is 10.6 Å². The summed E-state index contributed by atoms with van der Waals surface area (Å²) in [6.45, 7) is 0.775. The molecule has 178 valence electrons. The van der Waals surface area contributed by atoms with E-state index in [4.69, 9.17) is 20.3 Å². The van der Waals surface area contributed by atoms with Crippen molar-refractivity contribution < 1.29 is 37.0 Å². The van der Waals surface area contributed by atoms with Gasteiger partial charge >= 0.3 is 6.18 Å². The Morgan fingerprint density at radius 1 is 1.45 bits per heavy atom. The van der Waals surface area contributed by atoms with Crippen LogP contribution in [0.1, 0.15) is 29.0 Å². The molecule has 2 amide bonds. The molecular weight excluding hydrogens is 445 g/mol. The number of hydrogen-bond donors (Lipinski definition) is 5. The number of benzene rings is 1. The molecule has 33 heavy (non-hydrogen) atoms. The summed E-state index contributed by atoms with van der Waals surface area (Å²) in [6.07, 6.45) is -3.52. The monoisotopic (exact) mass is 468 g/mol. The van der Waals surface area contributed by atoms with Gasteiger partial charge in [-0.15, -0.1) is 0 Å². The van der Waals surface area contributed by atoms with Gasteiger partial charge in [-0.2, -0.15) is 13.2 Å². The fourth-order valence-corrected chi connectivity index (χ4v) is 3.58. The van der Waals surface area contributed by atoms with Crippen molar-refractivity contribution in [2.24, 2.45) is 5.73 Å². The molecule has 0 radical (unpaired) electrons. The minimum absolute atomic E-state index is 0.0965. The minimum Gasteiger partial charge on any atom is -0.489 e. The number of carbonyl (C=O) groups is 2. The summed E-state index contributed by atoms with van der Waals surface area (Å²) in [4.78, 5) is 25.4. The number of nitrogens with two attached hydrogens (primary N) is 1. The fraction of sp³-hybridized carbons (Fsp3) is 0.381. The van der Waals surface area contributed by atoms with Gasteiger partial charge in [-0.05, 0) is 38.0 Å². The van der Waals surface area contributed by atoms with Crippen molar-refractivity contribution in [3.63, 3.8) is 0 Å². The average molecular weight is 468 g/mol. The van der Waals surface area contributed by atoms with Gasteiger partial charge in [0, 0.05) is 23.7 Å². The van der Waals surface area contributed by atoms with Crippen LogP contribution in [-0.2, 0) is 4.79 Å². The van der Waals surface area contributed by atoms with Gasteiger partial charge in [-0.1, -0.05) is 0 Å². The molecule has 0 aliphatic carbocycles. The number of fused-ring (bicyclic) bond motifs is 1. The van der Waals surface area contributed by atoms with Crippen molar-refractivity contribution in [3.05, 3.63) is 40.8 Å². The van der Waals surface area contributed by atoms with Gasteiger partial charge in [0.05, 0.1) is 12.2 Å². The van der Waals surface area contributed by atoms with Gasteiger partial charge in [0.1, 0.15) is 34.9 Å². The van der Waals surface area contributed by atoms with E-state index >= 15 is 0 Å². The number of halogens is 3. The number of carbonyl (C=O) groups excluding carboxylic acids is 2. The minimum atomic E-state index is -4.80. The lowest BCUT2D eigenvalue weighted by Gasteiger charge is -2.35. The van der Waals surface area contributed by atoms with E-state index in [-0.39, 0.29) is 23.5 Å². The van der Waals surface area contributed by atoms with Crippen LogP contribution in [0.4, 0.5) is 13.2 Å². The maximum Gasteiger partial charge on any atom is 0.431 e. The molecule has 6 N–H and O–H groups in total. The molecule has 3 rings (SSSR count). The first kappa shape index (κ1) is 24.1. The highest BCUT2D eigenvalue weighted by Gasteiger charge is 2.42. The van der Waals surface area contributed by atoms with Crippen LogP contribution in [0, 0.1) is 12.3 Å². The maximum atomic E-state index is 13.1. The second kappa shape index (κ2) is 9.14. The van der Waals surface area contributed by atoms with Gasteiger partial charge in [0.15, 0.2) is 0 Å². The molecule has 1 aromatic heterocycles. The lowest BCUT2D eigenvalue weighted by atomic mass is 9.89. The number of hydrogen-bond acceptors (Lipinski definition) is 7. The average Bonchev–Trinajstić information content (AvgIpc) is 3.10. The molecule has 0 spiro atoms. The molecule has 0 bridgehead atoms. The number of aliphatic hydroxyl groups excluding tert-OH is 1. The lowest BCUT2D eigenvalue weighted by Crippen LogP contribution is -2.63. The van der Waals surface area contributed by atoms with Crippen molar-refractivity contribution in [2.75, 3.05) is 19.8 Å². The molecule has 1 unspecified atom stereocenters. The SMILES string of the molecule is Cc1oc2ccc(OC/C(C=N)=C(/N)C(F)(F)F)cc2c1C(=O)NC1(CO)CCCNC1=O. The van der Waals surface area contributed by atoms with Crippen molar-refractivity contribution in [3.8, 4) is 5.75 Å². The maximum absolute atomic E-state index is 13.1. The highest BCUT2D eigenvalue weighted by atomic mass is 19.4. The number of alkyl halides is 3. The Hall–Kier alpha value is -3.54. The standard InChI is InChI=1S/C21H23F3N4O5/c1-11-16(18(30)28-20(10-29)5-2-6-27-19(20)31)14-7-13(3-4-15(14)33-11)32-9-12(8-25)17(26)21(22,23)24/h3-4,7-8,25,29H,2,5-6,9-10,26H2,1H3,(H,27,31)(H,28,30)/b17-12+,25-8?. The fourth-order valence-electron chi connectivity index (χ4n) is 3.58. The first-order valence-electron chi connectivity index (χ1n) is 9.96. The number of aryl methyl sites for hydroxylation is 1. The first-order valence-corrected chi connectivity index (χ1v) is 9.96. The summed E-state index contributed by atoms with van der Waals surface area (Å²) in [5, 5.41) is 22.5. The van der Waals surface area contributed by atoms with Crippen LogP contribution in [0.5, 0.6) is 5.75 Å². The molecule has 1 saturated heterocycles. The van der Waals surface area contributed by atoms with E-state index in [0.717, 1.165) is 0 Å². The van der Waals surface area contributed by atoms with Gasteiger partial charge in [0.2, 0.25) is 5.91 Å². The first-order chi connectivity index (χ1) is 15.5. The molecule has 2 aromatic rings. The van der Waals surface area contributed by atoms with Gasteiger partial charge in [-0.3, -0.25) is 9.59 Å². The normalized spacial score (nSPS) is 19.6. The van der Waals surface area contributed by atoms with E-state index in [2.05, 4.69) is 10.6 Å². The quantitative estimate of drug-likeness (QED) is 0.392. The number of aliphatic hydroxyl groups is 1. The lowest BCUT2D eigenvalue weighted by molar-refractivity contribution is -0.131. The summed E-state index contributed by atoms with van der Waals surface area (Å²) < 4.78 is 49.4. The van der Waals surface area contributed by atoms with Crippen molar-refractivity contribution in [2.45, 2.75) is 31.5 Å². The second-order valence-corrected chi connectivity index (χ2v) is 7.61. The Balaban J connectivity index is 1.89. The third-order valence-electron chi connectivity index (χ3n) is 5.41. The number of allylic oxidation sites excluding steroid dienone is 1. The van der Waals surface area contributed by atoms with Crippen LogP contribution in [-0.4, -0.2) is 54.6 Å². The zero-order valence-corrected chi connectivity index (χ0v) is 17.6. The van der Waals surface area contributed by atoms with Crippen LogP contribution in [0.2, 0.25) is 0 Å². The largest absolute Gasteiger partial charge is 0.489 e. The van der Waals surface area contributed by atoms with Gasteiger partial charge < -0.3 is 36.0 Å². The van der Waals surface area contributed by atoms with E-state index < -0.39 is 48.0 Å². The molecule has 1 aliphatic rings. The Labute approximate surface area is 186 Å². The van der Waals surface area contributed by atoms with Gasteiger partial charge in [-0.25, -0.2) is 0 Å². The second-order valence-electron chi connectivity index (χ2n) is 7.61. The van der Waals surface area contributed by atoms with E-state index in [1.165, 1.54) is 18.2 Å². The van der Waals surface area contributed by atoms with E-state index in [1.54, 1.807) is 6.92 Å². The number of amides is 2. The highest BCUT2D eigenvalue weighted by Crippen LogP contribution is 2.31. The third-order valence-corrected chi connectivity index (χ3v) is 5.41. The zero-order valence-electron chi connectivity index (χ0n) is 17.6. The number of nitrogens with one attached hydrogen (secondary N) is 3. The number of ether oxygens (including phenoxy) is 1. The van der Waals surface area contributed by atoms with Crippen LogP contribution < -0.4 is 21.1 Å². The molecule has 9 nitrogen and oxygen atoms in total. The van der Waals surface area contributed by atoms with Crippen LogP contribution in [0.25, 0.3) is 11.0 Å². The number of rotatable bonds is 7. The Morgan fingerprint density at radius 3 is 2.79 bits per heavy atom. The van der Waals surface area contributed by atoms with E-state index in [0.29, 0.717) is 30.1 Å². The third kappa shape index (κ3) is 4.80. The van der Waals surface area contributed by atoms with E-state index in [9.17, 15) is 27.9 Å². The van der Waals surface area contributed by atoms with Crippen LogP contribution in [0.15, 0.2) is 33.9 Å². The summed E-state index contributed by atoms with van der Waals surface area (Å²) in [5.41, 5.74) is 2.00. The smallest absolute Gasteiger partial charge is 0.431 e. The van der Waals surface area contributed by atoms with Crippen LogP contribution in [0.3, 0.4) is 0 Å². The summed E-state index contributed by atoms with van der Waals surface area (Å²) in [5.74, 6) is -0.799. The summed E-state index contributed by atoms with van der Waals surface area (Å²) in [6, 6.07) is 4.31. The van der Waals surface area contributed by atoms with Crippen LogP contribution >= 0.6 is 0 Å². The Bertz CT molecular complexity index is 1130. The molecule has 2 heterocycles. The summed E-state index contributed by atoms with van der Waals surface area (Å²) >= 11 is 0. The molecule has 1 atom stereocenters. The summed E-state index contributed by atoms with van der Waals surface area (Å²) in [7, 11) is 0. The topological polar surface area (TPSA) is 151 Å². The highest BCUT2D eigenvalue weighted by molar-refractivity contribution is 6.09. The van der Waals surface area contributed by atoms with E-state index in [1.807, 2.05) is 0 Å². The molecule has 1 aliphatic heterocycles. The molecule has 0 saturated carbocycles. The predicted octanol–water partition coefficient (Wildman–Crippen LogP) is 1.92. The van der Waals surface area contributed by atoms with Gasteiger partial charge in [0.25, 0.3) is 5.91 Å². The van der Waals surface area contributed by atoms with Crippen molar-refractivity contribution >= 4 is 29.0 Å². The predicted molar refractivity (Wildman–Crippen MR) is 112 cm³/mol. The molecular formula is C21H23F3N4O5. The molecule has 1 aromatic carbocycles. The number of piperidine rings is 1. The molecule has 1 fully saturated rings. The zero-order chi connectivity index (χ0) is 24.4.